The van der Waals surface area contributed by atoms with Gasteiger partial charge in [-0.2, -0.15) is 8.46 Å². The van der Waals surface area contributed by atoms with Gasteiger partial charge < -0.3 is 0 Å². The van der Waals surface area contributed by atoms with Crippen LogP contribution in [0.2, 0.25) is 0 Å². The fraction of sp³-hybridized carbons (Fsp3) is 1.00. The van der Waals surface area contributed by atoms with Crippen molar-refractivity contribution in [3.8, 4) is 0 Å². The van der Waals surface area contributed by atoms with Crippen LogP contribution in [-0.2, 0) is 0 Å². The van der Waals surface area contributed by atoms with Gasteiger partial charge in [0.1, 0.15) is 0 Å². The highest BCUT2D eigenvalue weighted by atomic mass is 79.9. The van der Waals surface area contributed by atoms with Crippen LogP contribution < -0.4 is 0 Å². The Balaban J connectivity index is 3.15. The first-order chi connectivity index (χ1) is 3.06. The van der Waals surface area contributed by atoms with E-state index in [1.54, 1.807) is 0 Å². The molecule has 0 saturated heterocycles. The van der Waals surface area contributed by atoms with Gasteiger partial charge in [-0.1, -0.05) is 6.92 Å². The van der Waals surface area contributed by atoms with E-state index >= 15 is 0 Å². The standard InChI is InChI=1S/C5H13BrS/c1-4-5-7(2,3)6/h4-5H2,1-3H3. The summed E-state index contributed by atoms with van der Waals surface area (Å²) in [5, 5.41) is 0. The van der Waals surface area contributed by atoms with E-state index in [-0.39, 0.29) is 8.46 Å². The Hall–Kier alpha value is 0.830. The summed E-state index contributed by atoms with van der Waals surface area (Å²) in [4.78, 5) is 0. The van der Waals surface area contributed by atoms with E-state index in [9.17, 15) is 0 Å². The maximum atomic E-state index is 3.62. The molecule has 0 nitrogen and oxygen atoms in total. The first-order valence-corrected chi connectivity index (χ1v) is 6.93. The summed E-state index contributed by atoms with van der Waals surface area (Å²) >= 11 is 3.62. The van der Waals surface area contributed by atoms with Crippen molar-refractivity contribution in [1.29, 1.82) is 0 Å². The van der Waals surface area contributed by atoms with E-state index in [1.165, 1.54) is 12.2 Å². The Bertz CT molecular complexity index is 46.5. The molecule has 0 N–H and O–H groups in total. The summed E-state index contributed by atoms with van der Waals surface area (Å²) in [6.07, 6.45) is 5.85. The van der Waals surface area contributed by atoms with Crippen molar-refractivity contribution in [3.05, 3.63) is 0 Å². The van der Waals surface area contributed by atoms with Crippen molar-refractivity contribution in [2.75, 3.05) is 18.3 Å². The van der Waals surface area contributed by atoms with Gasteiger partial charge in [0.15, 0.2) is 0 Å². The highest BCUT2D eigenvalue weighted by Gasteiger charge is 2.01. The molecule has 46 valence electrons. The molecule has 0 aliphatic heterocycles. The van der Waals surface area contributed by atoms with Crippen LogP contribution in [-0.4, -0.2) is 18.3 Å². The van der Waals surface area contributed by atoms with Gasteiger partial charge in [0.2, 0.25) is 0 Å². The van der Waals surface area contributed by atoms with E-state index < -0.39 is 0 Å². The lowest BCUT2D eigenvalue weighted by atomic mass is 10.6. The molecular formula is C5H13BrS. The van der Waals surface area contributed by atoms with Crippen LogP contribution >= 0.6 is 23.3 Å². The largest absolute Gasteiger partial charge is 0.189 e. The minimum absolute atomic E-state index is 0.362. The van der Waals surface area contributed by atoms with E-state index in [1.807, 2.05) is 0 Å². The molecular weight excluding hydrogens is 172 g/mol. The molecule has 0 amide bonds. The maximum Gasteiger partial charge on any atom is -0.0144 e. The van der Waals surface area contributed by atoms with Crippen LogP contribution in [0.15, 0.2) is 0 Å². The van der Waals surface area contributed by atoms with Crippen molar-refractivity contribution in [2.45, 2.75) is 13.3 Å². The normalized spacial score (nSPS) is 14.3. The van der Waals surface area contributed by atoms with Gasteiger partial charge in [0.25, 0.3) is 0 Å². The summed E-state index contributed by atoms with van der Waals surface area (Å²) < 4.78 is 0. The highest BCUT2D eigenvalue weighted by Crippen LogP contribution is 2.48. The monoisotopic (exact) mass is 184 g/mol. The SMILES string of the molecule is CCCS(C)(C)Br. The topological polar surface area (TPSA) is 0 Å². The van der Waals surface area contributed by atoms with Crippen LogP contribution in [0.4, 0.5) is 0 Å². The van der Waals surface area contributed by atoms with Gasteiger partial charge in [-0.25, -0.2) is 0 Å². The number of hydrogen-bond acceptors (Lipinski definition) is 0. The van der Waals surface area contributed by atoms with E-state index in [4.69, 9.17) is 0 Å². The fourth-order valence-electron chi connectivity index (χ4n) is 0.485. The Morgan fingerprint density at radius 1 is 1.43 bits per heavy atom. The molecule has 7 heavy (non-hydrogen) atoms. The molecule has 0 atom stereocenters. The zero-order chi connectivity index (χ0) is 5.91. The average Bonchev–Trinajstić information content (AvgIpc) is 1.30. The molecule has 0 aromatic heterocycles. The molecule has 0 fully saturated rings. The highest BCUT2D eigenvalue weighted by molar-refractivity contribution is 9.58. The van der Waals surface area contributed by atoms with Crippen LogP contribution in [0, 0.1) is 0 Å². The predicted molar refractivity (Wildman–Crippen MR) is 43.5 cm³/mol. The third-order valence-corrected chi connectivity index (χ3v) is 3.04. The molecule has 0 heterocycles. The molecule has 0 aliphatic rings. The smallest absolute Gasteiger partial charge is 0.0144 e. The molecule has 0 bridgehead atoms. The maximum absolute atomic E-state index is 3.62. The lowest BCUT2D eigenvalue weighted by Crippen LogP contribution is -1.88. The van der Waals surface area contributed by atoms with Crippen molar-refractivity contribution < 1.29 is 0 Å². The molecule has 0 rings (SSSR count). The molecule has 2 heteroatoms. The van der Waals surface area contributed by atoms with Crippen LogP contribution in [0.3, 0.4) is 0 Å². The number of hydrogen-bond donors (Lipinski definition) is 0. The fourth-order valence-corrected chi connectivity index (χ4v) is 2.43. The van der Waals surface area contributed by atoms with E-state index in [0.717, 1.165) is 0 Å². The Morgan fingerprint density at radius 2 is 1.86 bits per heavy atom. The second-order valence-electron chi connectivity index (χ2n) is 2.11. The van der Waals surface area contributed by atoms with Crippen LogP contribution in [0.25, 0.3) is 0 Å². The van der Waals surface area contributed by atoms with Gasteiger partial charge in [-0.05, 0) is 39.5 Å². The Morgan fingerprint density at radius 3 is 1.86 bits per heavy atom. The van der Waals surface area contributed by atoms with Crippen LogP contribution in [0.5, 0.6) is 0 Å². The van der Waals surface area contributed by atoms with E-state index in [0.29, 0.717) is 0 Å². The molecule has 0 spiro atoms. The Kier molecular flexibility index (Phi) is 3.33. The number of rotatable bonds is 2. The summed E-state index contributed by atoms with van der Waals surface area (Å²) in [5.41, 5.74) is 0. The molecule has 0 aromatic rings. The minimum atomic E-state index is -0.362. The lowest BCUT2D eigenvalue weighted by molar-refractivity contribution is 1.10. The van der Waals surface area contributed by atoms with Gasteiger partial charge in [-0.3, -0.25) is 0 Å². The molecule has 0 aliphatic carbocycles. The summed E-state index contributed by atoms with van der Waals surface area (Å²) in [6.45, 7) is 2.22. The van der Waals surface area contributed by atoms with Gasteiger partial charge in [-0.15, -0.1) is 0 Å². The summed E-state index contributed by atoms with van der Waals surface area (Å²) in [7, 11) is -0.362. The zero-order valence-electron chi connectivity index (χ0n) is 5.20. The molecule has 0 unspecified atom stereocenters. The minimum Gasteiger partial charge on any atom is -0.189 e. The van der Waals surface area contributed by atoms with Gasteiger partial charge in [0.05, 0.1) is 0 Å². The third kappa shape index (κ3) is 6.83. The zero-order valence-corrected chi connectivity index (χ0v) is 7.60. The molecule has 0 saturated carbocycles. The quantitative estimate of drug-likeness (QED) is 0.620. The van der Waals surface area contributed by atoms with Crippen molar-refractivity contribution in [3.63, 3.8) is 0 Å². The second kappa shape index (κ2) is 2.98. The average molecular weight is 185 g/mol. The van der Waals surface area contributed by atoms with Crippen molar-refractivity contribution in [1.82, 2.24) is 0 Å². The first-order valence-electron chi connectivity index (χ1n) is 2.47. The Labute approximate surface area is 55.2 Å². The molecule has 0 radical (unpaired) electrons. The second-order valence-corrected chi connectivity index (χ2v) is 10.6. The van der Waals surface area contributed by atoms with Gasteiger partial charge >= 0.3 is 0 Å². The van der Waals surface area contributed by atoms with Crippen molar-refractivity contribution >= 4 is 23.3 Å². The molecule has 0 aromatic carbocycles. The third-order valence-electron chi connectivity index (χ3n) is 0.690. The number of halogens is 1. The summed E-state index contributed by atoms with van der Waals surface area (Å²) in [5.74, 6) is 1.34. The van der Waals surface area contributed by atoms with Crippen molar-refractivity contribution in [2.24, 2.45) is 0 Å². The first kappa shape index (κ1) is 7.83. The lowest BCUT2D eigenvalue weighted by Gasteiger charge is -2.20. The van der Waals surface area contributed by atoms with Gasteiger partial charge in [0, 0.05) is 0 Å². The predicted octanol–water partition coefficient (Wildman–Crippen LogP) is 2.77. The van der Waals surface area contributed by atoms with Crippen LogP contribution in [0.1, 0.15) is 13.3 Å². The summed E-state index contributed by atoms with van der Waals surface area (Å²) in [6, 6.07) is 0. The van der Waals surface area contributed by atoms with E-state index in [2.05, 4.69) is 34.2 Å².